The maximum absolute atomic E-state index is 14.3. The molecule has 1 aliphatic carbocycles. The lowest BCUT2D eigenvalue weighted by atomic mass is 9.78. The summed E-state index contributed by atoms with van der Waals surface area (Å²) in [6.45, 7) is 1.99. The van der Waals surface area contributed by atoms with E-state index in [2.05, 4.69) is 16.0 Å². The van der Waals surface area contributed by atoms with Gasteiger partial charge in [0.25, 0.3) is 0 Å². The quantitative estimate of drug-likeness (QED) is 0.664. The second-order valence-electron chi connectivity index (χ2n) is 7.93. The first kappa shape index (κ1) is 20.6. The van der Waals surface area contributed by atoms with Gasteiger partial charge in [-0.1, -0.05) is 6.08 Å². The predicted octanol–water partition coefficient (Wildman–Crippen LogP) is 1.23. The van der Waals surface area contributed by atoms with Crippen LogP contribution in [0.4, 0.5) is 13.2 Å². The molecule has 3 rings (SSSR count). The van der Waals surface area contributed by atoms with Gasteiger partial charge in [-0.15, -0.1) is 0 Å². The van der Waals surface area contributed by atoms with Crippen molar-refractivity contribution in [1.29, 1.82) is 5.26 Å². The highest BCUT2D eigenvalue weighted by molar-refractivity contribution is 5.99. The number of nitrogens with zero attached hydrogens (tertiary/aromatic N) is 1. The zero-order valence-corrected chi connectivity index (χ0v) is 15.6. The highest BCUT2D eigenvalue weighted by atomic mass is 19.2. The topological polar surface area (TPSA) is 94.0 Å². The van der Waals surface area contributed by atoms with E-state index in [1.165, 1.54) is 6.08 Å². The Labute approximate surface area is 161 Å². The highest BCUT2D eigenvalue weighted by Gasteiger charge is 2.43. The third-order valence-electron chi connectivity index (χ3n) is 5.89. The largest absolute Gasteiger partial charge is 0.352 e. The van der Waals surface area contributed by atoms with Crippen molar-refractivity contribution < 1.29 is 22.8 Å². The minimum atomic E-state index is -1.71. The van der Waals surface area contributed by atoms with E-state index in [4.69, 9.17) is 5.26 Å². The van der Waals surface area contributed by atoms with Crippen molar-refractivity contribution in [2.45, 2.75) is 69.2 Å². The average molecular weight is 398 g/mol. The van der Waals surface area contributed by atoms with Crippen LogP contribution in [0.1, 0.15) is 32.6 Å². The lowest BCUT2D eigenvalue weighted by Crippen LogP contribution is -2.57. The third kappa shape index (κ3) is 4.32. The van der Waals surface area contributed by atoms with E-state index in [-0.39, 0.29) is 24.8 Å². The number of piperidine rings is 1. The summed E-state index contributed by atoms with van der Waals surface area (Å²) >= 11 is 0. The molecule has 6 nitrogen and oxygen atoms in total. The summed E-state index contributed by atoms with van der Waals surface area (Å²) in [4.78, 5) is 24.5. The number of hydrogen-bond donors (Lipinski definition) is 3. The van der Waals surface area contributed by atoms with Gasteiger partial charge in [0, 0.05) is 30.1 Å². The van der Waals surface area contributed by atoms with Gasteiger partial charge in [0.05, 0.1) is 24.4 Å². The van der Waals surface area contributed by atoms with Crippen molar-refractivity contribution >= 4 is 11.8 Å². The summed E-state index contributed by atoms with van der Waals surface area (Å²) in [5.41, 5.74) is 0.0978. The molecule has 9 heteroatoms. The van der Waals surface area contributed by atoms with Crippen LogP contribution in [0.25, 0.3) is 0 Å². The molecule has 2 heterocycles. The molecule has 2 aliphatic heterocycles. The van der Waals surface area contributed by atoms with Crippen LogP contribution in [0, 0.1) is 23.2 Å². The van der Waals surface area contributed by atoms with Crippen LogP contribution in [0.5, 0.6) is 0 Å². The fraction of sp³-hybridized carbons (Fsp3) is 0.737. The first-order valence-corrected chi connectivity index (χ1v) is 9.66. The monoisotopic (exact) mass is 398 g/mol. The number of carbonyl (C=O) groups is 2. The van der Waals surface area contributed by atoms with Crippen LogP contribution in [0.15, 0.2) is 11.6 Å². The Morgan fingerprint density at radius 3 is 2.79 bits per heavy atom. The van der Waals surface area contributed by atoms with Crippen molar-refractivity contribution in [3.05, 3.63) is 11.6 Å². The molecule has 3 N–H and O–H groups in total. The van der Waals surface area contributed by atoms with Crippen molar-refractivity contribution in [2.75, 3.05) is 6.54 Å². The van der Waals surface area contributed by atoms with Crippen LogP contribution in [0.3, 0.4) is 0 Å². The summed E-state index contributed by atoms with van der Waals surface area (Å²) in [6, 6.07) is 0.386. The molecule has 0 aromatic heterocycles. The number of fused-ring (bicyclic) bond motifs is 1. The number of nitrogens with one attached hydrogen (secondary N) is 3. The van der Waals surface area contributed by atoms with E-state index < -0.39 is 60.3 Å². The molecule has 1 saturated heterocycles. The summed E-state index contributed by atoms with van der Waals surface area (Å²) in [5, 5.41) is 17.1. The molecule has 2 fully saturated rings. The number of nitriles is 1. The highest BCUT2D eigenvalue weighted by Crippen LogP contribution is 2.34. The summed E-state index contributed by atoms with van der Waals surface area (Å²) in [5.74, 6) is -2.13. The van der Waals surface area contributed by atoms with Crippen LogP contribution >= 0.6 is 0 Å². The standard InChI is InChI=1S/C19H25F3N4O2/c1-9(18-14(21)4-10(7-23)8-24-18)25-16(27)6-11-5-12-15(26-19(11)28)3-2-13(20)17(12)22/h5,9-10,12-15,17-18,24H,2-4,6,8H2,1H3,(H,25,27)(H,26,28)/t9-,10?,12?,13?,14?,15?,17?,18?/m1/s1. The Morgan fingerprint density at radius 2 is 2.11 bits per heavy atom. The van der Waals surface area contributed by atoms with Gasteiger partial charge in [-0.25, -0.2) is 13.2 Å². The molecule has 154 valence electrons. The minimum absolute atomic E-state index is 0.0647. The van der Waals surface area contributed by atoms with Crippen LogP contribution < -0.4 is 16.0 Å². The molecule has 2 amide bonds. The minimum Gasteiger partial charge on any atom is -0.352 e. The number of carbonyl (C=O) groups excluding carboxylic acids is 2. The van der Waals surface area contributed by atoms with Gasteiger partial charge in [0.15, 0.2) is 0 Å². The van der Waals surface area contributed by atoms with Crippen molar-refractivity contribution in [2.24, 2.45) is 11.8 Å². The van der Waals surface area contributed by atoms with E-state index in [1.807, 2.05) is 6.07 Å². The Morgan fingerprint density at radius 1 is 1.36 bits per heavy atom. The van der Waals surface area contributed by atoms with Crippen LogP contribution in [-0.2, 0) is 9.59 Å². The molecule has 0 radical (unpaired) electrons. The van der Waals surface area contributed by atoms with Gasteiger partial charge in [-0.05, 0) is 26.2 Å². The normalized spacial score (nSPS) is 39.0. The van der Waals surface area contributed by atoms with Crippen molar-refractivity contribution in [3.8, 4) is 6.07 Å². The molecular weight excluding hydrogens is 373 g/mol. The Bertz CT molecular complexity index is 695. The summed E-state index contributed by atoms with van der Waals surface area (Å²) < 4.78 is 42.1. The molecule has 7 unspecified atom stereocenters. The third-order valence-corrected chi connectivity index (χ3v) is 5.89. The Hall–Kier alpha value is -2.08. The maximum atomic E-state index is 14.3. The van der Waals surface area contributed by atoms with Crippen LogP contribution in [0.2, 0.25) is 0 Å². The van der Waals surface area contributed by atoms with E-state index in [0.717, 1.165) is 0 Å². The lowest BCUT2D eigenvalue weighted by molar-refractivity contribution is -0.125. The van der Waals surface area contributed by atoms with Crippen molar-refractivity contribution in [3.63, 3.8) is 0 Å². The molecule has 1 saturated carbocycles. The SMILES string of the molecule is C[C@@H](NC(=O)CC1=CC2C(CCC(F)C2F)NC1=O)C1NCC(C#N)CC1F. The van der Waals surface area contributed by atoms with E-state index in [0.29, 0.717) is 13.0 Å². The number of rotatable bonds is 4. The molecule has 0 spiro atoms. The predicted molar refractivity (Wildman–Crippen MR) is 95.2 cm³/mol. The first-order valence-electron chi connectivity index (χ1n) is 9.66. The smallest absolute Gasteiger partial charge is 0.247 e. The number of amides is 2. The Kier molecular flexibility index (Phi) is 6.28. The van der Waals surface area contributed by atoms with E-state index in [1.54, 1.807) is 6.92 Å². The first-order chi connectivity index (χ1) is 13.3. The van der Waals surface area contributed by atoms with Gasteiger partial charge in [0.2, 0.25) is 11.8 Å². The number of alkyl halides is 3. The van der Waals surface area contributed by atoms with Crippen molar-refractivity contribution in [1.82, 2.24) is 16.0 Å². The lowest BCUT2D eigenvalue weighted by Gasteiger charge is -2.38. The molecule has 28 heavy (non-hydrogen) atoms. The second-order valence-corrected chi connectivity index (χ2v) is 7.93. The molecule has 8 atom stereocenters. The summed E-state index contributed by atoms with van der Waals surface area (Å²) in [7, 11) is 0. The van der Waals surface area contributed by atoms with E-state index in [9.17, 15) is 22.8 Å². The fourth-order valence-electron chi connectivity index (χ4n) is 4.30. The van der Waals surface area contributed by atoms with Crippen LogP contribution in [-0.4, -0.2) is 55.0 Å². The average Bonchev–Trinajstić information content (AvgIpc) is 2.65. The summed E-state index contributed by atoms with van der Waals surface area (Å²) in [6.07, 6.45) is -2.93. The van der Waals surface area contributed by atoms with E-state index >= 15 is 0 Å². The van der Waals surface area contributed by atoms with Gasteiger partial charge < -0.3 is 16.0 Å². The number of hydrogen-bond acceptors (Lipinski definition) is 4. The molecule has 0 bridgehead atoms. The maximum Gasteiger partial charge on any atom is 0.247 e. The van der Waals surface area contributed by atoms with Gasteiger partial charge in [-0.3, -0.25) is 9.59 Å². The zero-order valence-electron chi connectivity index (χ0n) is 15.6. The Balaban J connectivity index is 1.59. The zero-order chi connectivity index (χ0) is 20.4. The second kappa shape index (κ2) is 8.52. The molecule has 3 aliphatic rings. The fourth-order valence-corrected chi connectivity index (χ4v) is 4.30. The van der Waals surface area contributed by atoms with Gasteiger partial charge >= 0.3 is 0 Å². The molecular formula is C19H25F3N4O2. The molecule has 0 aromatic rings. The molecule has 0 aromatic carbocycles. The van der Waals surface area contributed by atoms with Gasteiger partial charge in [0.1, 0.15) is 18.5 Å². The van der Waals surface area contributed by atoms with Gasteiger partial charge in [-0.2, -0.15) is 5.26 Å². The number of halogens is 3.